The van der Waals surface area contributed by atoms with Crippen LogP contribution in [-0.4, -0.2) is 52.5 Å². The van der Waals surface area contributed by atoms with Gasteiger partial charge in [0.25, 0.3) is 0 Å². The first-order chi connectivity index (χ1) is 17.4. The number of benzene rings is 2. The largest absolute Gasteiger partial charge is 0.497 e. The van der Waals surface area contributed by atoms with Gasteiger partial charge in [0.1, 0.15) is 12.4 Å². The Hall–Kier alpha value is -4.47. The molecule has 0 saturated carbocycles. The van der Waals surface area contributed by atoms with E-state index in [1.54, 1.807) is 55.5 Å². The normalized spacial score (nSPS) is 15.1. The van der Waals surface area contributed by atoms with Gasteiger partial charge in [-0.05, 0) is 48.4 Å². The van der Waals surface area contributed by atoms with E-state index in [9.17, 15) is 14.4 Å². The van der Waals surface area contributed by atoms with Gasteiger partial charge in [-0.3, -0.25) is 0 Å². The van der Waals surface area contributed by atoms with Gasteiger partial charge in [0.15, 0.2) is 11.5 Å². The van der Waals surface area contributed by atoms with Gasteiger partial charge < -0.3 is 34.3 Å². The summed E-state index contributed by atoms with van der Waals surface area (Å²) >= 11 is 0. The first kappa shape index (κ1) is 26.1. The van der Waals surface area contributed by atoms with Crippen LogP contribution in [0.3, 0.4) is 0 Å². The lowest BCUT2D eigenvalue weighted by Gasteiger charge is -2.29. The van der Waals surface area contributed by atoms with Gasteiger partial charge in [0.05, 0.1) is 45.2 Å². The highest BCUT2D eigenvalue weighted by molar-refractivity contribution is 5.95. The van der Waals surface area contributed by atoms with Crippen molar-refractivity contribution in [3.05, 3.63) is 70.9 Å². The second kappa shape index (κ2) is 12.3. The third-order valence-electron chi connectivity index (χ3n) is 5.28. The topological polar surface area (TPSA) is 121 Å². The van der Waals surface area contributed by atoms with Crippen molar-refractivity contribution in [3.8, 4) is 17.2 Å². The van der Waals surface area contributed by atoms with Gasteiger partial charge in [-0.15, -0.1) is 0 Å². The van der Waals surface area contributed by atoms with Crippen molar-refractivity contribution in [3.63, 3.8) is 0 Å². The molecule has 0 saturated heterocycles. The summed E-state index contributed by atoms with van der Waals surface area (Å²) in [6.45, 7) is 1.46. The van der Waals surface area contributed by atoms with E-state index in [2.05, 4.69) is 10.6 Å². The maximum absolute atomic E-state index is 12.8. The monoisotopic (exact) mass is 496 g/mol. The number of esters is 2. The molecule has 0 fully saturated rings. The highest BCUT2D eigenvalue weighted by atomic mass is 16.5. The number of rotatable bonds is 10. The van der Waals surface area contributed by atoms with Crippen molar-refractivity contribution in [2.45, 2.75) is 13.0 Å². The minimum atomic E-state index is -0.806. The average Bonchev–Trinajstić information content (AvgIpc) is 2.90. The van der Waals surface area contributed by atoms with E-state index >= 15 is 0 Å². The van der Waals surface area contributed by atoms with Crippen LogP contribution in [0, 0.1) is 0 Å². The summed E-state index contributed by atoms with van der Waals surface area (Å²) in [6.07, 6.45) is 2.78. The Morgan fingerprint density at radius 3 is 2.31 bits per heavy atom. The molecule has 0 aromatic heterocycles. The summed E-state index contributed by atoms with van der Waals surface area (Å²) < 4.78 is 26.2. The molecule has 1 heterocycles. The molecule has 2 amide bonds. The fraction of sp³-hybridized carbons (Fsp3) is 0.269. The molecule has 36 heavy (non-hydrogen) atoms. The zero-order valence-electron chi connectivity index (χ0n) is 20.5. The summed E-state index contributed by atoms with van der Waals surface area (Å²) in [5, 5.41) is 5.28. The Kier molecular flexibility index (Phi) is 8.93. The van der Waals surface area contributed by atoms with Crippen molar-refractivity contribution in [1.82, 2.24) is 10.6 Å². The van der Waals surface area contributed by atoms with Gasteiger partial charge >= 0.3 is 18.0 Å². The molecule has 0 aliphatic carbocycles. The van der Waals surface area contributed by atoms with Crippen LogP contribution in [-0.2, 0) is 19.1 Å². The second-order valence-electron chi connectivity index (χ2n) is 7.47. The van der Waals surface area contributed by atoms with Gasteiger partial charge in [0, 0.05) is 6.08 Å². The van der Waals surface area contributed by atoms with Crippen LogP contribution in [0.2, 0.25) is 0 Å². The highest BCUT2D eigenvalue weighted by Crippen LogP contribution is 2.30. The maximum atomic E-state index is 12.8. The molecule has 2 N–H and O–H groups in total. The number of amides is 2. The number of methoxy groups -OCH3 is 3. The molecule has 2 aromatic rings. The van der Waals surface area contributed by atoms with E-state index in [0.29, 0.717) is 28.4 Å². The van der Waals surface area contributed by atoms with Crippen molar-refractivity contribution in [2.24, 2.45) is 0 Å². The number of ether oxygens (including phenoxy) is 5. The molecule has 1 unspecified atom stereocenters. The Balaban J connectivity index is 1.81. The van der Waals surface area contributed by atoms with Crippen LogP contribution in [0.1, 0.15) is 24.1 Å². The SMILES string of the molecule is CCOC(=O)C1=C(COC(=O)/C=C/c2ccc(OC)c(OC)c2)NC(=O)NC1c1ccc(OC)cc1. The lowest BCUT2D eigenvalue weighted by Crippen LogP contribution is -2.47. The molecule has 3 rings (SSSR count). The predicted octanol–water partition coefficient (Wildman–Crippen LogP) is 3.14. The molecule has 10 heteroatoms. The van der Waals surface area contributed by atoms with E-state index in [0.717, 1.165) is 0 Å². The van der Waals surface area contributed by atoms with Crippen LogP contribution in [0.15, 0.2) is 59.8 Å². The quantitative estimate of drug-likeness (QED) is 0.380. The van der Waals surface area contributed by atoms with Crippen molar-refractivity contribution >= 4 is 24.0 Å². The van der Waals surface area contributed by atoms with E-state index < -0.39 is 24.0 Å². The fourth-order valence-electron chi connectivity index (χ4n) is 3.54. The first-order valence-electron chi connectivity index (χ1n) is 11.1. The first-order valence-corrected chi connectivity index (χ1v) is 11.1. The van der Waals surface area contributed by atoms with E-state index in [-0.39, 0.29) is 24.5 Å². The van der Waals surface area contributed by atoms with Crippen LogP contribution in [0.25, 0.3) is 6.08 Å². The molecular weight excluding hydrogens is 468 g/mol. The highest BCUT2D eigenvalue weighted by Gasteiger charge is 2.34. The van der Waals surface area contributed by atoms with Crippen LogP contribution >= 0.6 is 0 Å². The molecule has 0 bridgehead atoms. The Labute approximate surface area is 208 Å². The minimum absolute atomic E-state index is 0.130. The molecule has 190 valence electrons. The number of carbonyl (C=O) groups excluding carboxylic acids is 3. The molecule has 1 aliphatic heterocycles. The van der Waals surface area contributed by atoms with Crippen LogP contribution < -0.4 is 24.8 Å². The van der Waals surface area contributed by atoms with Crippen molar-refractivity contribution in [1.29, 1.82) is 0 Å². The van der Waals surface area contributed by atoms with Crippen LogP contribution in [0.4, 0.5) is 4.79 Å². The van der Waals surface area contributed by atoms with Gasteiger partial charge in [-0.2, -0.15) is 0 Å². The minimum Gasteiger partial charge on any atom is -0.497 e. The summed E-state index contributed by atoms with van der Waals surface area (Å²) in [4.78, 5) is 37.6. The summed E-state index contributed by atoms with van der Waals surface area (Å²) in [7, 11) is 4.58. The standard InChI is InChI=1S/C26H28N2O8/c1-5-35-25(30)23-19(27-26(31)28-24(23)17-8-10-18(32-2)11-9-17)15-36-22(29)13-7-16-6-12-20(33-3)21(14-16)34-4/h6-14,24H,5,15H2,1-4H3,(H2,27,28,31)/b13-7+. The fourth-order valence-corrected chi connectivity index (χ4v) is 3.54. The zero-order chi connectivity index (χ0) is 26.1. The van der Waals surface area contributed by atoms with Crippen LogP contribution in [0.5, 0.6) is 17.2 Å². The number of hydrogen-bond donors (Lipinski definition) is 2. The molecular formula is C26H28N2O8. The van der Waals surface area contributed by atoms with E-state index in [1.165, 1.54) is 27.4 Å². The Morgan fingerprint density at radius 1 is 0.944 bits per heavy atom. The van der Waals surface area contributed by atoms with E-state index in [4.69, 9.17) is 23.7 Å². The molecule has 10 nitrogen and oxygen atoms in total. The maximum Gasteiger partial charge on any atom is 0.338 e. The van der Waals surface area contributed by atoms with Crippen molar-refractivity contribution < 1.29 is 38.1 Å². The molecule has 1 aliphatic rings. The lowest BCUT2D eigenvalue weighted by molar-refractivity contribution is -0.140. The second-order valence-corrected chi connectivity index (χ2v) is 7.47. The number of hydrogen-bond acceptors (Lipinski definition) is 8. The van der Waals surface area contributed by atoms with Gasteiger partial charge in [-0.25, -0.2) is 14.4 Å². The molecule has 0 spiro atoms. The lowest BCUT2D eigenvalue weighted by atomic mass is 9.95. The average molecular weight is 497 g/mol. The third kappa shape index (κ3) is 6.35. The molecule has 0 radical (unpaired) electrons. The number of carbonyl (C=O) groups is 3. The zero-order valence-corrected chi connectivity index (χ0v) is 20.5. The Bertz CT molecular complexity index is 1170. The summed E-state index contributed by atoms with van der Waals surface area (Å²) in [6, 6.07) is 10.7. The van der Waals surface area contributed by atoms with E-state index in [1.807, 2.05) is 0 Å². The third-order valence-corrected chi connectivity index (χ3v) is 5.28. The number of urea groups is 1. The van der Waals surface area contributed by atoms with Gasteiger partial charge in [0.2, 0.25) is 0 Å². The molecule has 2 aromatic carbocycles. The van der Waals surface area contributed by atoms with Gasteiger partial charge in [-0.1, -0.05) is 18.2 Å². The Morgan fingerprint density at radius 2 is 1.67 bits per heavy atom. The smallest absolute Gasteiger partial charge is 0.338 e. The predicted molar refractivity (Wildman–Crippen MR) is 131 cm³/mol. The van der Waals surface area contributed by atoms with Crippen molar-refractivity contribution in [2.75, 3.05) is 34.5 Å². The number of nitrogens with one attached hydrogen (secondary N) is 2. The summed E-state index contributed by atoms with van der Waals surface area (Å²) in [5.41, 5.74) is 1.58. The summed E-state index contributed by atoms with van der Waals surface area (Å²) in [5.74, 6) is 0.381. The molecule has 1 atom stereocenters.